The van der Waals surface area contributed by atoms with E-state index < -0.39 is 21.3 Å². The quantitative estimate of drug-likeness (QED) is 0.183. The van der Waals surface area contributed by atoms with Crippen LogP contribution in [0.2, 0.25) is 0 Å². The average molecular weight is 669 g/mol. The van der Waals surface area contributed by atoms with Crippen molar-refractivity contribution in [2.75, 3.05) is 6.61 Å². The zero-order valence-electron chi connectivity index (χ0n) is 29.7. The molecule has 6 aliphatic rings. The fraction of sp³-hybridized carbons (Fsp3) is 0.769. The van der Waals surface area contributed by atoms with E-state index in [0.29, 0.717) is 30.1 Å². The minimum Gasteiger partial charge on any atom is -0.461 e. The largest absolute Gasteiger partial charge is 0.461 e. The zero-order chi connectivity index (χ0) is 33.7. The van der Waals surface area contributed by atoms with Crippen molar-refractivity contribution < 1.29 is 31.6 Å². The van der Waals surface area contributed by atoms with Gasteiger partial charge in [-0.25, -0.2) is 0 Å². The SMILES string of the molecule is Cc1ccc(S(=O)(=O)O[C@H]2CC[C@@]3(C)[C@@H](CC[C@H]4C5=C[C@@H]6O[C@]7(CC[C@H](C)CO7)[C@@H](C)[C@@H]6[C@@]5(C)[C@@H](OC(=O)C(C)(C)C)C[C@@H]43)C2)cc1. The van der Waals surface area contributed by atoms with Crippen molar-refractivity contribution in [3.8, 4) is 0 Å². The molecule has 1 aromatic rings. The van der Waals surface area contributed by atoms with Gasteiger partial charge in [-0.1, -0.05) is 57.0 Å². The molecule has 0 amide bonds. The molecule has 1 aromatic carbocycles. The Morgan fingerprint density at radius 1 is 0.979 bits per heavy atom. The summed E-state index contributed by atoms with van der Waals surface area (Å²) < 4.78 is 52.5. The van der Waals surface area contributed by atoms with E-state index in [4.69, 9.17) is 18.4 Å². The van der Waals surface area contributed by atoms with Crippen LogP contribution in [-0.2, 0) is 33.3 Å². The highest BCUT2D eigenvalue weighted by atomic mass is 32.2. The number of carbonyl (C=O) groups is 1. The first-order valence-electron chi connectivity index (χ1n) is 18.2. The number of aryl methyl sites for hydroxylation is 1. The van der Waals surface area contributed by atoms with Gasteiger partial charge in [-0.15, -0.1) is 0 Å². The fourth-order valence-electron chi connectivity index (χ4n) is 10.9. The van der Waals surface area contributed by atoms with Crippen LogP contribution < -0.4 is 0 Å². The lowest BCUT2D eigenvalue weighted by atomic mass is 9.45. The van der Waals surface area contributed by atoms with Gasteiger partial charge in [-0.2, -0.15) is 8.42 Å². The molecule has 2 aliphatic heterocycles. The molecule has 260 valence electrons. The molecule has 3 saturated carbocycles. The molecule has 1 spiro atoms. The number of carbonyl (C=O) groups excluding carboxylic acids is 1. The molecule has 0 unspecified atom stereocenters. The van der Waals surface area contributed by atoms with E-state index in [0.717, 1.165) is 57.1 Å². The van der Waals surface area contributed by atoms with Gasteiger partial charge < -0.3 is 14.2 Å². The van der Waals surface area contributed by atoms with E-state index in [9.17, 15) is 13.2 Å². The number of ether oxygens (including phenoxy) is 3. The first-order chi connectivity index (χ1) is 22.0. The van der Waals surface area contributed by atoms with Crippen molar-refractivity contribution >= 4 is 16.1 Å². The maximum absolute atomic E-state index is 13.6. The Morgan fingerprint density at radius 2 is 1.70 bits per heavy atom. The minimum atomic E-state index is -3.83. The Balaban J connectivity index is 1.17. The third-order valence-electron chi connectivity index (χ3n) is 13.8. The predicted octanol–water partition coefficient (Wildman–Crippen LogP) is 8.00. The number of hydrogen-bond acceptors (Lipinski definition) is 7. The summed E-state index contributed by atoms with van der Waals surface area (Å²) in [6.45, 7) is 17.8. The van der Waals surface area contributed by atoms with Crippen molar-refractivity contribution in [1.29, 1.82) is 0 Å². The summed E-state index contributed by atoms with van der Waals surface area (Å²) >= 11 is 0. The summed E-state index contributed by atoms with van der Waals surface area (Å²) in [6.07, 6.45) is 9.05. The maximum atomic E-state index is 13.6. The molecule has 5 fully saturated rings. The standard InChI is InChI=1S/C39H56O7S/c1-23-9-12-28(13-10-23)47(41,42)46-27-16-17-37(7)26(19-27)11-14-29-30(37)21-33(44-35(40)36(4,5)6)38(8)31(29)20-32-34(38)25(3)39(45-32)18-15-24(2)22-43-39/h9-10,12-13,20,24-27,29-30,32-34H,11,14-19,21-22H2,1-8H3/t24-,25-,26-,27-,29+,30-,32-,33-,34-,37-,38+,39+/m0/s1. The van der Waals surface area contributed by atoms with Gasteiger partial charge in [0.25, 0.3) is 10.1 Å². The van der Waals surface area contributed by atoms with Gasteiger partial charge in [0, 0.05) is 23.7 Å². The average Bonchev–Trinajstić information content (AvgIpc) is 3.45. The second-order valence-corrected chi connectivity index (χ2v) is 19.3. The monoisotopic (exact) mass is 668 g/mol. The molecule has 7 nitrogen and oxygen atoms in total. The van der Waals surface area contributed by atoms with Crippen molar-refractivity contribution in [2.45, 2.75) is 136 Å². The van der Waals surface area contributed by atoms with Crippen molar-refractivity contribution in [1.82, 2.24) is 0 Å². The molecule has 47 heavy (non-hydrogen) atoms. The summed E-state index contributed by atoms with van der Waals surface area (Å²) in [5, 5.41) is 0. The van der Waals surface area contributed by atoms with Crippen LogP contribution in [0.25, 0.3) is 0 Å². The second kappa shape index (κ2) is 11.4. The van der Waals surface area contributed by atoms with Crippen LogP contribution in [0.4, 0.5) is 0 Å². The number of fused-ring (bicyclic) bond motifs is 7. The lowest BCUT2D eigenvalue weighted by Crippen LogP contribution is -2.58. The number of benzene rings is 1. The third kappa shape index (κ3) is 5.38. The molecule has 8 heteroatoms. The summed E-state index contributed by atoms with van der Waals surface area (Å²) in [5.41, 5.74) is 1.52. The van der Waals surface area contributed by atoms with Gasteiger partial charge in [-0.3, -0.25) is 8.98 Å². The van der Waals surface area contributed by atoms with E-state index in [2.05, 4.69) is 33.8 Å². The van der Waals surface area contributed by atoms with E-state index >= 15 is 0 Å². The van der Waals surface area contributed by atoms with Crippen LogP contribution in [0.3, 0.4) is 0 Å². The fourth-order valence-corrected chi connectivity index (χ4v) is 12.0. The Morgan fingerprint density at radius 3 is 2.36 bits per heavy atom. The van der Waals surface area contributed by atoms with Crippen LogP contribution in [-0.4, -0.2) is 45.1 Å². The summed E-state index contributed by atoms with van der Waals surface area (Å²) in [5.74, 6) is 1.26. The molecule has 7 rings (SSSR count). The van der Waals surface area contributed by atoms with E-state index in [1.807, 2.05) is 39.8 Å². The Labute approximate surface area is 282 Å². The van der Waals surface area contributed by atoms with E-state index in [1.54, 1.807) is 12.1 Å². The van der Waals surface area contributed by atoms with Gasteiger partial charge >= 0.3 is 5.97 Å². The van der Waals surface area contributed by atoms with Crippen molar-refractivity contribution in [3.05, 3.63) is 41.5 Å². The highest BCUT2D eigenvalue weighted by Crippen LogP contribution is 2.70. The Kier molecular flexibility index (Phi) is 8.18. The zero-order valence-corrected chi connectivity index (χ0v) is 30.5. The molecule has 2 saturated heterocycles. The summed E-state index contributed by atoms with van der Waals surface area (Å²) in [7, 11) is -3.83. The summed E-state index contributed by atoms with van der Waals surface area (Å²) in [4.78, 5) is 13.9. The Bertz CT molecular complexity index is 1520. The smallest absolute Gasteiger partial charge is 0.311 e. The third-order valence-corrected chi connectivity index (χ3v) is 15.2. The van der Waals surface area contributed by atoms with Crippen LogP contribution >= 0.6 is 0 Å². The molecule has 12 atom stereocenters. The van der Waals surface area contributed by atoms with E-state index in [1.165, 1.54) is 5.57 Å². The van der Waals surface area contributed by atoms with Crippen molar-refractivity contribution in [2.24, 2.45) is 51.8 Å². The first kappa shape index (κ1) is 33.7. The van der Waals surface area contributed by atoms with Crippen LogP contribution in [0, 0.1) is 58.7 Å². The van der Waals surface area contributed by atoms with Gasteiger partial charge in [0.2, 0.25) is 0 Å². The Hall–Kier alpha value is -1.74. The molecule has 0 aromatic heterocycles. The molecular weight excluding hydrogens is 612 g/mol. The first-order valence-corrected chi connectivity index (χ1v) is 19.6. The van der Waals surface area contributed by atoms with Gasteiger partial charge in [-0.05, 0) is 114 Å². The van der Waals surface area contributed by atoms with Crippen LogP contribution in [0.15, 0.2) is 40.8 Å². The maximum Gasteiger partial charge on any atom is 0.311 e. The van der Waals surface area contributed by atoms with E-state index in [-0.39, 0.29) is 51.8 Å². The molecule has 0 radical (unpaired) electrons. The van der Waals surface area contributed by atoms with Crippen molar-refractivity contribution in [3.63, 3.8) is 0 Å². The lowest BCUT2D eigenvalue weighted by Gasteiger charge is -2.61. The lowest BCUT2D eigenvalue weighted by molar-refractivity contribution is -0.265. The van der Waals surface area contributed by atoms with Crippen LogP contribution in [0.1, 0.15) is 105 Å². The number of rotatable bonds is 4. The molecule has 0 bridgehead atoms. The van der Waals surface area contributed by atoms with Gasteiger partial charge in [0.05, 0.1) is 29.1 Å². The molecule has 4 aliphatic carbocycles. The topological polar surface area (TPSA) is 88.1 Å². The normalized spacial score (nSPS) is 44.6. The number of hydrogen-bond donors (Lipinski definition) is 0. The number of esters is 1. The molecule has 0 N–H and O–H groups in total. The molecule has 2 heterocycles. The summed E-state index contributed by atoms with van der Waals surface area (Å²) in [6, 6.07) is 6.91. The highest BCUT2D eigenvalue weighted by molar-refractivity contribution is 7.86. The van der Waals surface area contributed by atoms with Gasteiger partial charge in [0.15, 0.2) is 5.79 Å². The van der Waals surface area contributed by atoms with Crippen LogP contribution in [0.5, 0.6) is 0 Å². The predicted molar refractivity (Wildman–Crippen MR) is 180 cm³/mol. The van der Waals surface area contributed by atoms with Gasteiger partial charge in [0.1, 0.15) is 6.10 Å². The highest BCUT2D eigenvalue weighted by Gasteiger charge is 2.69. The molecular formula is C39H56O7S. The second-order valence-electron chi connectivity index (χ2n) is 17.7. The minimum absolute atomic E-state index is 0.00102.